The molecule has 0 aliphatic carbocycles. The van der Waals surface area contributed by atoms with Crippen molar-refractivity contribution in [2.75, 3.05) is 22.6 Å². The van der Waals surface area contributed by atoms with Crippen LogP contribution in [0.4, 0.5) is 22.7 Å². The van der Waals surface area contributed by atoms with Gasteiger partial charge >= 0.3 is 5.97 Å². The molecule has 0 radical (unpaired) electrons. The van der Waals surface area contributed by atoms with Crippen LogP contribution in [0.2, 0.25) is 0 Å². The van der Waals surface area contributed by atoms with Gasteiger partial charge in [0.2, 0.25) is 5.91 Å². The number of esters is 1. The molecule has 0 saturated heterocycles. The van der Waals surface area contributed by atoms with Crippen LogP contribution in [0.5, 0.6) is 5.75 Å². The van der Waals surface area contributed by atoms with Gasteiger partial charge in [0.25, 0.3) is 5.91 Å². The van der Waals surface area contributed by atoms with Crippen LogP contribution in [-0.2, 0) is 19.1 Å². The molecule has 0 fully saturated rings. The standard InChI is InChI=1S/C25H25N3O5/c1-17(25(31)28-22-10-8-20(9-11-22)26-18(2)29)33-24(30)16-32-23-14-12-21(13-15-23)27-19-6-4-3-5-7-19/h3-15,17,27H,16H2,1-2H3,(H,26,29)(H,28,31)/t17-/m0/s1. The number of amides is 2. The molecule has 0 heterocycles. The average Bonchev–Trinajstić information content (AvgIpc) is 2.80. The first-order valence-electron chi connectivity index (χ1n) is 10.3. The Morgan fingerprint density at radius 1 is 0.758 bits per heavy atom. The summed E-state index contributed by atoms with van der Waals surface area (Å²) in [6.45, 7) is 2.56. The van der Waals surface area contributed by atoms with Crippen molar-refractivity contribution in [1.29, 1.82) is 0 Å². The molecule has 0 unspecified atom stereocenters. The smallest absolute Gasteiger partial charge is 0.344 e. The van der Waals surface area contributed by atoms with Gasteiger partial charge in [-0.3, -0.25) is 9.59 Å². The first kappa shape index (κ1) is 23.3. The van der Waals surface area contributed by atoms with Crippen LogP contribution in [0, 0.1) is 0 Å². The van der Waals surface area contributed by atoms with E-state index in [0.717, 1.165) is 11.4 Å². The fourth-order valence-electron chi connectivity index (χ4n) is 2.83. The maximum atomic E-state index is 12.3. The Balaban J connectivity index is 1.42. The number of carbonyl (C=O) groups is 3. The van der Waals surface area contributed by atoms with Crippen LogP contribution < -0.4 is 20.7 Å². The summed E-state index contributed by atoms with van der Waals surface area (Å²) in [5.41, 5.74) is 2.97. The third-order valence-electron chi connectivity index (χ3n) is 4.42. The second-order valence-electron chi connectivity index (χ2n) is 7.18. The Labute approximate surface area is 191 Å². The Bertz CT molecular complexity index is 1080. The number of hydrogen-bond donors (Lipinski definition) is 3. The summed E-state index contributed by atoms with van der Waals surface area (Å²) in [4.78, 5) is 35.4. The highest BCUT2D eigenvalue weighted by atomic mass is 16.6. The molecule has 33 heavy (non-hydrogen) atoms. The lowest BCUT2D eigenvalue weighted by Crippen LogP contribution is -2.31. The Morgan fingerprint density at radius 3 is 1.91 bits per heavy atom. The molecule has 0 aliphatic heterocycles. The SMILES string of the molecule is CC(=O)Nc1ccc(NC(=O)[C@H](C)OC(=O)COc2ccc(Nc3ccccc3)cc2)cc1. The molecular formula is C25H25N3O5. The van der Waals surface area contributed by atoms with E-state index in [0.29, 0.717) is 17.1 Å². The molecule has 0 saturated carbocycles. The van der Waals surface area contributed by atoms with Gasteiger partial charge in [-0.2, -0.15) is 0 Å². The zero-order valence-electron chi connectivity index (χ0n) is 18.3. The number of hydrogen-bond acceptors (Lipinski definition) is 6. The molecule has 0 aliphatic rings. The number of nitrogens with one attached hydrogen (secondary N) is 3. The van der Waals surface area contributed by atoms with Gasteiger partial charge in [-0.15, -0.1) is 0 Å². The number of para-hydroxylation sites is 1. The van der Waals surface area contributed by atoms with Crippen molar-refractivity contribution >= 4 is 40.5 Å². The molecule has 0 spiro atoms. The van der Waals surface area contributed by atoms with Crippen molar-refractivity contribution in [3.05, 3.63) is 78.9 Å². The third-order valence-corrected chi connectivity index (χ3v) is 4.42. The van der Waals surface area contributed by atoms with E-state index in [1.54, 1.807) is 36.4 Å². The van der Waals surface area contributed by atoms with Crippen LogP contribution in [0.1, 0.15) is 13.8 Å². The van der Waals surface area contributed by atoms with Crippen molar-refractivity contribution < 1.29 is 23.9 Å². The van der Waals surface area contributed by atoms with E-state index < -0.39 is 18.0 Å². The molecule has 8 nitrogen and oxygen atoms in total. The van der Waals surface area contributed by atoms with Crippen molar-refractivity contribution in [1.82, 2.24) is 0 Å². The van der Waals surface area contributed by atoms with Crippen molar-refractivity contribution in [3.8, 4) is 5.75 Å². The molecule has 1 atom stereocenters. The second kappa shape index (κ2) is 11.3. The van der Waals surface area contributed by atoms with Gasteiger partial charge in [-0.05, 0) is 67.6 Å². The summed E-state index contributed by atoms with van der Waals surface area (Å²) in [6, 6.07) is 23.5. The van der Waals surface area contributed by atoms with E-state index in [9.17, 15) is 14.4 Å². The van der Waals surface area contributed by atoms with Crippen molar-refractivity contribution in [2.45, 2.75) is 20.0 Å². The number of rotatable bonds is 9. The fourth-order valence-corrected chi connectivity index (χ4v) is 2.83. The molecular weight excluding hydrogens is 422 g/mol. The maximum Gasteiger partial charge on any atom is 0.344 e. The predicted molar refractivity (Wildman–Crippen MR) is 127 cm³/mol. The zero-order chi connectivity index (χ0) is 23.6. The van der Waals surface area contributed by atoms with E-state index in [4.69, 9.17) is 9.47 Å². The summed E-state index contributed by atoms with van der Waals surface area (Å²) in [7, 11) is 0. The molecule has 3 aromatic carbocycles. The van der Waals surface area contributed by atoms with E-state index in [1.807, 2.05) is 42.5 Å². The van der Waals surface area contributed by atoms with Crippen LogP contribution in [-0.4, -0.2) is 30.5 Å². The van der Waals surface area contributed by atoms with Crippen molar-refractivity contribution in [2.24, 2.45) is 0 Å². The molecule has 170 valence electrons. The van der Waals surface area contributed by atoms with E-state index >= 15 is 0 Å². The maximum absolute atomic E-state index is 12.3. The highest BCUT2D eigenvalue weighted by Crippen LogP contribution is 2.20. The van der Waals surface area contributed by atoms with Gasteiger partial charge in [0.15, 0.2) is 12.7 Å². The minimum absolute atomic E-state index is 0.186. The van der Waals surface area contributed by atoms with Gasteiger partial charge in [0.05, 0.1) is 0 Å². The minimum Gasteiger partial charge on any atom is -0.482 e. The normalized spacial score (nSPS) is 11.1. The monoisotopic (exact) mass is 447 g/mol. The Morgan fingerprint density at radius 2 is 1.30 bits per heavy atom. The number of anilines is 4. The van der Waals surface area contributed by atoms with Gasteiger partial charge in [0, 0.05) is 29.7 Å². The van der Waals surface area contributed by atoms with E-state index in [-0.39, 0.29) is 12.5 Å². The van der Waals surface area contributed by atoms with E-state index in [2.05, 4.69) is 16.0 Å². The van der Waals surface area contributed by atoms with Gasteiger partial charge < -0.3 is 25.4 Å². The van der Waals surface area contributed by atoms with Gasteiger partial charge in [-0.25, -0.2) is 4.79 Å². The summed E-state index contributed by atoms with van der Waals surface area (Å²) in [5, 5.41) is 8.54. The lowest BCUT2D eigenvalue weighted by Gasteiger charge is -2.14. The van der Waals surface area contributed by atoms with Crippen LogP contribution in [0.25, 0.3) is 0 Å². The van der Waals surface area contributed by atoms with Crippen LogP contribution >= 0.6 is 0 Å². The Hall–Kier alpha value is -4.33. The number of benzene rings is 3. The van der Waals surface area contributed by atoms with Crippen LogP contribution in [0.3, 0.4) is 0 Å². The van der Waals surface area contributed by atoms with E-state index in [1.165, 1.54) is 13.8 Å². The lowest BCUT2D eigenvalue weighted by atomic mass is 10.2. The average molecular weight is 447 g/mol. The van der Waals surface area contributed by atoms with Crippen LogP contribution in [0.15, 0.2) is 78.9 Å². The summed E-state index contributed by atoms with van der Waals surface area (Å²) >= 11 is 0. The zero-order valence-corrected chi connectivity index (χ0v) is 18.3. The lowest BCUT2D eigenvalue weighted by molar-refractivity contribution is -0.155. The highest BCUT2D eigenvalue weighted by Gasteiger charge is 2.18. The quantitative estimate of drug-likeness (QED) is 0.422. The summed E-state index contributed by atoms with van der Waals surface area (Å²) in [5.74, 6) is -0.826. The third kappa shape index (κ3) is 7.70. The second-order valence-corrected chi connectivity index (χ2v) is 7.18. The largest absolute Gasteiger partial charge is 0.482 e. The molecule has 3 aromatic rings. The Kier molecular flexibility index (Phi) is 8.02. The molecule has 0 aromatic heterocycles. The molecule has 0 bridgehead atoms. The molecule has 2 amide bonds. The van der Waals surface area contributed by atoms with Gasteiger partial charge in [0.1, 0.15) is 5.75 Å². The number of ether oxygens (including phenoxy) is 2. The number of carbonyl (C=O) groups excluding carboxylic acids is 3. The minimum atomic E-state index is -1.01. The molecule has 3 N–H and O–H groups in total. The van der Waals surface area contributed by atoms with Crippen molar-refractivity contribution in [3.63, 3.8) is 0 Å². The molecule has 3 rings (SSSR count). The molecule has 8 heteroatoms. The summed E-state index contributed by atoms with van der Waals surface area (Å²) in [6.07, 6.45) is -1.01. The first-order valence-corrected chi connectivity index (χ1v) is 10.3. The highest BCUT2D eigenvalue weighted by molar-refractivity contribution is 5.95. The van der Waals surface area contributed by atoms with Gasteiger partial charge in [-0.1, -0.05) is 18.2 Å². The predicted octanol–water partition coefficient (Wildman–Crippen LogP) is 4.34. The first-order chi connectivity index (χ1) is 15.9. The summed E-state index contributed by atoms with van der Waals surface area (Å²) < 4.78 is 10.6. The topological polar surface area (TPSA) is 106 Å². The fraction of sp³-hybridized carbons (Fsp3) is 0.160.